The molecular weight excluding hydrogens is 252 g/mol. The average molecular weight is 263 g/mol. The summed E-state index contributed by atoms with van der Waals surface area (Å²) in [5.41, 5.74) is 7.31. The zero-order chi connectivity index (χ0) is 13.1. The Morgan fingerprint density at radius 3 is 2.78 bits per heavy atom. The van der Waals surface area contributed by atoms with Gasteiger partial charge in [-0.2, -0.15) is 10.2 Å². The van der Waals surface area contributed by atoms with Crippen molar-refractivity contribution in [2.75, 3.05) is 17.7 Å². The SMILES string of the molecule is CN(C(=O)c1ccnnc1)c1cc(Cl)ccc1N. The molecule has 0 aliphatic carbocycles. The van der Waals surface area contributed by atoms with E-state index in [1.807, 2.05) is 0 Å². The number of hydrogen-bond donors (Lipinski definition) is 1. The molecule has 2 N–H and O–H groups in total. The van der Waals surface area contributed by atoms with Gasteiger partial charge in [0.2, 0.25) is 0 Å². The Hall–Kier alpha value is -2.14. The molecule has 0 radical (unpaired) electrons. The molecule has 18 heavy (non-hydrogen) atoms. The third-order valence-electron chi connectivity index (χ3n) is 2.49. The summed E-state index contributed by atoms with van der Waals surface area (Å²) in [6.45, 7) is 0. The van der Waals surface area contributed by atoms with Gasteiger partial charge in [-0.3, -0.25) is 4.79 Å². The average Bonchev–Trinajstić information content (AvgIpc) is 2.41. The van der Waals surface area contributed by atoms with Gasteiger partial charge in [-0.05, 0) is 24.3 Å². The highest BCUT2D eigenvalue weighted by Gasteiger charge is 2.16. The zero-order valence-corrected chi connectivity index (χ0v) is 10.4. The van der Waals surface area contributed by atoms with Crippen molar-refractivity contribution >= 4 is 28.9 Å². The number of hydrogen-bond acceptors (Lipinski definition) is 4. The summed E-state index contributed by atoms with van der Waals surface area (Å²) in [5.74, 6) is -0.223. The number of carbonyl (C=O) groups is 1. The Balaban J connectivity index is 2.34. The number of nitrogen functional groups attached to an aromatic ring is 1. The van der Waals surface area contributed by atoms with Crippen molar-refractivity contribution in [3.05, 3.63) is 47.2 Å². The predicted octanol–water partition coefficient (Wildman–Crippen LogP) is 1.99. The van der Waals surface area contributed by atoms with Crippen LogP contribution in [0, 0.1) is 0 Å². The summed E-state index contributed by atoms with van der Waals surface area (Å²) in [6.07, 6.45) is 2.86. The molecular formula is C12H11ClN4O. The molecule has 0 saturated carbocycles. The van der Waals surface area contributed by atoms with E-state index in [1.54, 1.807) is 31.3 Å². The van der Waals surface area contributed by atoms with Gasteiger partial charge < -0.3 is 10.6 Å². The maximum Gasteiger partial charge on any atom is 0.259 e. The number of carbonyl (C=O) groups excluding carboxylic acids is 1. The van der Waals surface area contributed by atoms with E-state index in [1.165, 1.54) is 17.3 Å². The zero-order valence-electron chi connectivity index (χ0n) is 9.67. The molecule has 92 valence electrons. The topological polar surface area (TPSA) is 72.1 Å². The van der Waals surface area contributed by atoms with Crippen molar-refractivity contribution in [1.82, 2.24) is 10.2 Å². The summed E-state index contributed by atoms with van der Waals surface area (Å²) < 4.78 is 0. The van der Waals surface area contributed by atoms with Gasteiger partial charge in [0.05, 0.1) is 29.3 Å². The van der Waals surface area contributed by atoms with Crippen LogP contribution in [0.4, 0.5) is 11.4 Å². The van der Waals surface area contributed by atoms with Crippen molar-refractivity contribution < 1.29 is 4.79 Å². The van der Waals surface area contributed by atoms with Crippen LogP contribution in [-0.2, 0) is 0 Å². The van der Waals surface area contributed by atoms with Crippen LogP contribution in [0.2, 0.25) is 5.02 Å². The largest absolute Gasteiger partial charge is 0.397 e. The number of rotatable bonds is 2. The first-order chi connectivity index (χ1) is 8.59. The molecule has 0 unspecified atom stereocenters. The molecule has 0 saturated heterocycles. The number of nitrogens with zero attached hydrogens (tertiary/aromatic N) is 3. The van der Waals surface area contributed by atoms with Gasteiger partial charge in [-0.1, -0.05) is 11.6 Å². The standard InChI is InChI=1S/C12H11ClN4O/c1-17(11-6-9(13)2-3-10(11)14)12(18)8-4-5-15-16-7-8/h2-7H,14H2,1H3. The lowest BCUT2D eigenvalue weighted by Gasteiger charge is -2.19. The van der Waals surface area contributed by atoms with E-state index in [2.05, 4.69) is 10.2 Å². The lowest BCUT2D eigenvalue weighted by molar-refractivity contribution is 0.0992. The fraction of sp³-hybridized carbons (Fsp3) is 0.0833. The number of benzene rings is 1. The Kier molecular flexibility index (Phi) is 3.43. The first-order valence-corrected chi connectivity index (χ1v) is 5.57. The van der Waals surface area contributed by atoms with Crippen molar-refractivity contribution in [2.45, 2.75) is 0 Å². The number of halogens is 1. The van der Waals surface area contributed by atoms with Gasteiger partial charge in [0.25, 0.3) is 5.91 Å². The molecule has 1 heterocycles. The lowest BCUT2D eigenvalue weighted by atomic mass is 10.2. The van der Waals surface area contributed by atoms with E-state index < -0.39 is 0 Å². The Morgan fingerprint density at radius 2 is 2.11 bits per heavy atom. The molecule has 1 amide bonds. The highest BCUT2D eigenvalue weighted by atomic mass is 35.5. The monoisotopic (exact) mass is 262 g/mol. The minimum atomic E-state index is -0.223. The van der Waals surface area contributed by atoms with Crippen LogP contribution in [0.15, 0.2) is 36.7 Å². The van der Waals surface area contributed by atoms with E-state index >= 15 is 0 Å². The van der Waals surface area contributed by atoms with Gasteiger partial charge in [0, 0.05) is 12.1 Å². The molecule has 6 heteroatoms. The molecule has 1 aromatic carbocycles. The second-order valence-electron chi connectivity index (χ2n) is 3.70. The predicted molar refractivity (Wildman–Crippen MR) is 70.6 cm³/mol. The van der Waals surface area contributed by atoms with Gasteiger partial charge in [-0.25, -0.2) is 0 Å². The van der Waals surface area contributed by atoms with Crippen LogP contribution in [0.1, 0.15) is 10.4 Å². The number of aromatic nitrogens is 2. The first kappa shape index (κ1) is 12.3. The van der Waals surface area contributed by atoms with Crippen LogP contribution in [-0.4, -0.2) is 23.2 Å². The summed E-state index contributed by atoms with van der Waals surface area (Å²) in [6, 6.07) is 6.56. The fourth-order valence-electron chi connectivity index (χ4n) is 1.53. The Bertz CT molecular complexity index is 574. The van der Waals surface area contributed by atoms with E-state index in [9.17, 15) is 4.79 Å². The summed E-state index contributed by atoms with van der Waals surface area (Å²) >= 11 is 5.90. The molecule has 5 nitrogen and oxygen atoms in total. The normalized spacial score (nSPS) is 10.1. The van der Waals surface area contributed by atoms with Crippen LogP contribution >= 0.6 is 11.6 Å². The Morgan fingerprint density at radius 1 is 1.33 bits per heavy atom. The van der Waals surface area contributed by atoms with Crippen molar-refractivity contribution in [2.24, 2.45) is 0 Å². The molecule has 1 aromatic heterocycles. The maximum absolute atomic E-state index is 12.2. The van der Waals surface area contributed by atoms with Crippen molar-refractivity contribution in [1.29, 1.82) is 0 Å². The molecule has 0 spiro atoms. The molecule has 0 aliphatic heterocycles. The lowest BCUT2D eigenvalue weighted by Crippen LogP contribution is -2.27. The highest BCUT2D eigenvalue weighted by Crippen LogP contribution is 2.26. The van der Waals surface area contributed by atoms with Gasteiger partial charge in [0.1, 0.15) is 0 Å². The first-order valence-electron chi connectivity index (χ1n) is 5.19. The second-order valence-corrected chi connectivity index (χ2v) is 4.13. The summed E-state index contributed by atoms with van der Waals surface area (Å²) in [7, 11) is 1.63. The molecule has 0 bridgehead atoms. The highest BCUT2D eigenvalue weighted by molar-refractivity contribution is 6.31. The maximum atomic E-state index is 12.2. The van der Waals surface area contributed by atoms with E-state index in [0.717, 1.165) is 0 Å². The number of nitrogens with two attached hydrogens (primary N) is 1. The van der Waals surface area contributed by atoms with Gasteiger partial charge in [0.15, 0.2) is 0 Å². The van der Waals surface area contributed by atoms with E-state index in [0.29, 0.717) is 22.0 Å². The van der Waals surface area contributed by atoms with Crippen LogP contribution < -0.4 is 10.6 Å². The van der Waals surface area contributed by atoms with Crippen LogP contribution in [0.25, 0.3) is 0 Å². The van der Waals surface area contributed by atoms with Crippen molar-refractivity contribution in [3.63, 3.8) is 0 Å². The van der Waals surface area contributed by atoms with Gasteiger partial charge in [-0.15, -0.1) is 0 Å². The Labute approximate surface area is 109 Å². The third kappa shape index (κ3) is 2.41. The molecule has 0 aliphatic rings. The smallest absolute Gasteiger partial charge is 0.259 e. The molecule has 0 fully saturated rings. The summed E-state index contributed by atoms with van der Waals surface area (Å²) in [4.78, 5) is 13.6. The second kappa shape index (κ2) is 5.01. The number of anilines is 2. The fourth-order valence-corrected chi connectivity index (χ4v) is 1.69. The van der Waals surface area contributed by atoms with Crippen LogP contribution in [0.5, 0.6) is 0 Å². The van der Waals surface area contributed by atoms with E-state index in [4.69, 9.17) is 17.3 Å². The van der Waals surface area contributed by atoms with Crippen molar-refractivity contribution in [3.8, 4) is 0 Å². The van der Waals surface area contributed by atoms with Crippen LogP contribution in [0.3, 0.4) is 0 Å². The quantitative estimate of drug-likeness (QED) is 0.840. The molecule has 2 aromatic rings. The van der Waals surface area contributed by atoms with E-state index in [-0.39, 0.29) is 5.91 Å². The van der Waals surface area contributed by atoms with Gasteiger partial charge >= 0.3 is 0 Å². The molecule has 0 atom stereocenters. The molecule has 2 rings (SSSR count). The minimum absolute atomic E-state index is 0.223. The minimum Gasteiger partial charge on any atom is -0.397 e. The third-order valence-corrected chi connectivity index (χ3v) is 2.72. The summed E-state index contributed by atoms with van der Waals surface area (Å²) in [5, 5.41) is 7.81. The number of amides is 1.